The summed E-state index contributed by atoms with van der Waals surface area (Å²) in [7, 11) is 0. The van der Waals surface area contributed by atoms with Gasteiger partial charge in [0.1, 0.15) is 5.57 Å². The van der Waals surface area contributed by atoms with Crippen LogP contribution in [-0.4, -0.2) is 45.6 Å². The van der Waals surface area contributed by atoms with Crippen molar-refractivity contribution in [2.24, 2.45) is 0 Å². The Kier molecular flexibility index (Phi) is 4.21. The van der Waals surface area contributed by atoms with Gasteiger partial charge in [-0.1, -0.05) is 38.1 Å². The predicted octanol–water partition coefficient (Wildman–Crippen LogP) is 1.71. The third-order valence-electron chi connectivity index (χ3n) is 5.01. The Morgan fingerprint density at radius 1 is 1.20 bits per heavy atom. The van der Waals surface area contributed by atoms with Crippen LogP contribution >= 0.6 is 0 Å². The lowest BCUT2D eigenvalue weighted by molar-refractivity contribution is -0.175. The number of fused-ring (bicyclic) bond motifs is 3. The summed E-state index contributed by atoms with van der Waals surface area (Å²) in [5, 5.41) is 23.0. The lowest BCUT2D eigenvalue weighted by Crippen LogP contribution is -2.58. The predicted molar refractivity (Wildman–Crippen MR) is 90.6 cm³/mol. The van der Waals surface area contributed by atoms with Gasteiger partial charge >= 0.3 is 5.97 Å². The molecule has 0 saturated heterocycles. The fraction of sp³-hybridized carbons (Fsp3) is 0.474. The van der Waals surface area contributed by atoms with Crippen molar-refractivity contribution in [3.05, 3.63) is 46.7 Å². The Labute approximate surface area is 146 Å². The molecule has 1 aliphatic carbocycles. The van der Waals surface area contributed by atoms with Crippen LogP contribution in [0.3, 0.4) is 0 Å². The Bertz CT molecular complexity index is 771. The van der Waals surface area contributed by atoms with Crippen LogP contribution in [0.5, 0.6) is 0 Å². The third kappa shape index (κ3) is 1.98. The van der Waals surface area contributed by atoms with Gasteiger partial charge in [-0.3, -0.25) is 4.79 Å². The molecule has 0 radical (unpaired) electrons. The fourth-order valence-electron chi connectivity index (χ4n) is 4.06. The maximum Gasteiger partial charge on any atom is 0.339 e. The number of nitrogens with zero attached hydrogens (tertiary/aromatic N) is 1. The molecule has 2 atom stereocenters. The van der Waals surface area contributed by atoms with Gasteiger partial charge in [0.25, 0.3) is 0 Å². The summed E-state index contributed by atoms with van der Waals surface area (Å²) in [4.78, 5) is 27.3. The minimum atomic E-state index is -2.36. The van der Waals surface area contributed by atoms with E-state index in [1.807, 2.05) is 13.8 Å². The molecule has 1 heterocycles. The number of carbonyl (C=O) groups is 2. The van der Waals surface area contributed by atoms with E-state index in [0.717, 1.165) is 0 Å². The van der Waals surface area contributed by atoms with Crippen molar-refractivity contribution in [3.8, 4) is 0 Å². The van der Waals surface area contributed by atoms with Crippen molar-refractivity contribution in [2.75, 3.05) is 13.2 Å². The van der Waals surface area contributed by atoms with Gasteiger partial charge in [0.05, 0.1) is 6.61 Å². The van der Waals surface area contributed by atoms with Crippen LogP contribution in [0, 0.1) is 0 Å². The highest BCUT2D eigenvalue weighted by Crippen LogP contribution is 2.57. The number of Topliss-reactive ketones (excluding diaryl/α,β-unsaturated/α-hetero) is 1. The minimum Gasteiger partial charge on any atom is -0.462 e. The van der Waals surface area contributed by atoms with Crippen LogP contribution in [0.1, 0.15) is 49.5 Å². The standard InChI is InChI=1S/C19H23NO5/c1-4-11-20-14(5-2)15(17(22)25-6-3)18(23)16(21)12-9-7-8-10-13(12)19(18,20)24/h7-10,23-24H,4-6,11H2,1-3H3. The summed E-state index contributed by atoms with van der Waals surface area (Å²) >= 11 is 0. The Morgan fingerprint density at radius 2 is 1.88 bits per heavy atom. The first kappa shape index (κ1) is 17.6. The van der Waals surface area contributed by atoms with Crippen molar-refractivity contribution in [2.45, 2.75) is 44.9 Å². The van der Waals surface area contributed by atoms with Crippen LogP contribution in [-0.2, 0) is 15.3 Å². The van der Waals surface area contributed by atoms with Crippen molar-refractivity contribution in [3.63, 3.8) is 0 Å². The van der Waals surface area contributed by atoms with Gasteiger partial charge < -0.3 is 19.8 Å². The monoisotopic (exact) mass is 345 g/mol. The summed E-state index contributed by atoms with van der Waals surface area (Å²) in [6, 6.07) is 6.55. The van der Waals surface area contributed by atoms with E-state index in [0.29, 0.717) is 30.6 Å². The number of esters is 1. The van der Waals surface area contributed by atoms with Gasteiger partial charge in [0.15, 0.2) is 0 Å². The van der Waals surface area contributed by atoms with E-state index in [9.17, 15) is 19.8 Å². The molecule has 0 bridgehead atoms. The summed E-state index contributed by atoms with van der Waals surface area (Å²) in [5.74, 6) is -1.43. The van der Waals surface area contributed by atoms with Gasteiger partial charge in [-0.15, -0.1) is 0 Å². The molecule has 3 rings (SSSR count). The molecular weight excluding hydrogens is 322 g/mol. The van der Waals surface area contributed by atoms with Gasteiger partial charge in [-0.25, -0.2) is 4.79 Å². The summed E-state index contributed by atoms with van der Waals surface area (Å²) < 4.78 is 5.10. The average molecular weight is 345 g/mol. The molecule has 2 N–H and O–H groups in total. The smallest absolute Gasteiger partial charge is 0.339 e. The lowest BCUT2D eigenvalue weighted by Gasteiger charge is -2.40. The third-order valence-corrected chi connectivity index (χ3v) is 5.01. The van der Waals surface area contributed by atoms with Crippen molar-refractivity contribution in [1.82, 2.24) is 4.90 Å². The zero-order chi connectivity index (χ0) is 18.4. The van der Waals surface area contributed by atoms with E-state index in [1.165, 1.54) is 0 Å². The van der Waals surface area contributed by atoms with Crippen molar-refractivity contribution >= 4 is 11.8 Å². The van der Waals surface area contributed by atoms with E-state index in [2.05, 4.69) is 0 Å². The van der Waals surface area contributed by atoms with Crippen molar-refractivity contribution < 1.29 is 24.5 Å². The summed E-state index contributed by atoms with van der Waals surface area (Å²) in [6.45, 7) is 5.92. The van der Waals surface area contributed by atoms with Crippen LogP contribution in [0.15, 0.2) is 35.5 Å². The molecule has 2 unspecified atom stereocenters. The fourth-order valence-corrected chi connectivity index (χ4v) is 4.06. The van der Waals surface area contributed by atoms with E-state index in [1.54, 1.807) is 36.1 Å². The minimum absolute atomic E-state index is 0.114. The van der Waals surface area contributed by atoms with Gasteiger partial charge in [0, 0.05) is 23.4 Å². The molecule has 0 saturated carbocycles. The highest BCUT2D eigenvalue weighted by Gasteiger charge is 2.73. The highest BCUT2D eigenvalue weighted by atomic mass is 16.5. The molecule has 25 heavy (non-hydrogen) atoms. The molecule has 0 amide bonds. The molecule has 2 aliphatic rings. The maximum absolute atomic E-state index is 13.1. The zero-order valence-electron chi connectivity index (χ0n) is 14.7. The zero-order valence-corrected chi connectivity index (χ0v) is 14.7. The van der Waals surface area contributed by atoms with Crippen molar-refractivity contribution in [1.29, 1.82) is 0 Å². The highest BCUT2D eigenvalue weighted by molar-refractivity contribution is 6.16. The molecule has 0 spiro atoms. The number of benzene rings is 1. The van der Waals surface area contributed by atoms with Gasteiger partial charge in [-0.05, 0) is 19.8 Å². The van der Waals surface area contributed by atoms with Crippen LogP contribution < -0.4 is 0 Å². The first-order valence-corrected chi connectivity index (χ1v) is 8.66. The number of rotatable bonds is 5. The Hall–Kier alpha value is -2.18. The maximum atomic E-state index is 13.1. The van der Waals surface area contributed by atoms with Gasteiger partial charge in [-0.2, -0.15) is 0 Å². The second-order valence-electron chi connectivity index (χ2n) is 6.30. The van der Waals surface area contributed by atoms with E-state index >= 15 is 0 Å². The molecule has 0 fully saturated rings. The molecule has 1 aromatic rings. The first-order valence-electron chi connectivity index (χ1n) is 8.66. The number of carbonyl (C=O) groups excluding carboxylic acids is 2. The SMILES string of the molecule is CCCN1C(CC)=C(C(=O)OCC)C2(O)C(=O)c3ccccc3C12O. The second-order valence-corrected chi connectivity index (χ2v) is 6.30. The van der Waals surface area contributed by atoms with E-state index in [4.69, 9.17) is 4.74 Å². The number of allylic oxidation sites excluding steroid dienone is 1. The average Bonchev–Trinajstić information content (AvgIpc) is 2.91. The normalized spacial score (nSPS) is 27.6. The van der Waals surface area contributed by atoms with Gasteiger partial charge in [0.2, 0.25) is 17.1 Å². The van der Waals surface area contributed by atoms with E-state index in [-0.39, 0.29) is 17.7 Å². The summed E-state index contributed by atoms with van der Waals surface area (Å²) in [5.41, 5.74) is -3.50. The summed E-state index contributed by atoms with van der Waals surface area (Å²) in [6.07, 6.45) is 1.06. The topological polar surface area (TPSA) is 87.1 Å². The molecule has 0 aromatic heterocycles. The quantitative estimate of drug-likeness (QED) is 0.790. The molecular formula is C19H23NO5. The van der Waals surface area contributed by atoms with E-state index < -0.39 is 23.1 Å². The Morgan fingerprint density at radius 3 is 2.48 bits per heavy atom. The number of hydrogen-bond acceptors (Lipinski definition) is 6. The number of aliphatic hydroxyl groups is 2. The molecule has 134 valence electrons. The first-order chi connectivity index (χ1) is 11.9. The number of ketones is 1. The Balaban J connectivity index is 2.31. The largest absolute Gasteiger partial charge is 0.462 e. The van der Waals surface area contributed by atoms with Crippen LogP contribution in [0.4, 0.5) is 0 Å². The molecule has 6 nitrogen and oxygen atoms in total. The lowest BCUT2D eigenvalue weighted by atomic mass is 9.85. The molecule has 6 heteroatoms. The van der Waals surface area contributed by atoms with Crippen LogP contribution in [0.25, 0.3) is 0 Å². The number of hydrogen-bond donors (Lipinski definition) is 2. The second kappa shape index (κ2) is 5.97. The molecule has 1 aliphatic heterocycles. The molecule has 1 aromatic carbocycles. The van der Waals surface area contributed by atoms with Crippen LogP contribution in [0.2, 0.25) is 0 Å². The number of ether oxygens (including phenoxy) is 1.